The van der Waals surface area contributed by atoms with E-state index in [9.17, 15) is 0 Å². The van der Waals surface area contributed by atoms with Crippen molar-refractivity contribution >= 4 is 5.96 Å². The van der Waals surface area contributed by atoms with Crippen molar-refractivity contribution < 1.29 is 18.9 Å². The molecule has 7 heteroatoms. The lowest BCUT2D eigenvalue weighted by Gasteiger charge is -2.38. The molecule has 1 saturated carbocycles. The van der Waals surface area contributed by atoms with Crippen LogP contribution in [0.25, 0.3) is 0 Å². The average Bonchev–Trinajstić information content (AvgIpc) is 3.50. The summed E-state index contributed by atoms with van der Waals surface area (Å²) in [6.45, 7) is 7.28. The molecule has 4 rings (SSSR count). The van der Waals surface area contributed by atoms with Crippen LogP contribution in [0.2, 0.25) is 0 Å². The first-order valence-corrected chi connectivity index (χ1v) is 12.2. The van der Waals surface area contributed by atoms with Crippen LogP contribution in [0.4, 0.5) is 0 Å². The molecule has 0 bridgehead atoms. The van der Waals surface area contributed by atoms with Crippen LogP contribution >= 0.6 is 0 Å². The second kappa shape index (κ2) is 10.8. The first-order valence-electron chi connectivity index (χ1n) is 12.2. The van der Waals surface area contributed by atoms with Gasteiger partial charge in [-0.25, -0.2) is 0 Å². The lowest BCUT2D eigenvalue weighted by Crippen LogP contribution is -2.48. The molecule has 3 aliphatic rings. The minimum absolute atomic E-state index is 0.0173. The topological polar surface area (TPSA) is 73.3 Å². The summed E-state index contributed by atoms with van der Waals surface area (Å²) in [5, 5.41) is 7.14. The van der Waals surface area contributed by atoms with Crippen molar-refractivity contribution in [3.63, 3.8) is 0 Å². The van der Waals surface area contributed by atoms with Gasteiger partial charge in [-0.2, -0.15) is 0 Å². The molecule has 1 aromatic rings. The molecule has 0 amide bonds. The van der Waals surface area contributed by atoms with E-state index in [-0.39, 0.29) is 10.8 Å². The van der Waals surface area contributed by atoms with Crippen molar-refractivity contribution in [2.45, 2.75) is 57.3 Å². The summed E-state index contributed by atoms with van der Waals surface area (Å²) in [5.74, 6) is 2.58. The second-order valence-electron chi connectivity index (χ2n) is 9.46. The van der Waals surface area contributed by atoms with Crippen LogP contribution in [-0.2, 0) is 14.9 Å². The molecule has 2 fully saturated rings. The van der Waals surface area contributed by atoms with Crippen molar-refractivity contribution in [3.8, 4) is 11.5 Å². The van der Waals surface area contributed by atoms with Gasteiger partial charge < -0.3 is 29.6 Å². The molecule has 0 aromatic heterocycles. The Morgan fingerprint density at radius 1 is 1.06 bits per heavy atom. The molecule has 32 heavy (non-hydrogen) atoms. The zero-order chi connectivity index (χ0) is 22.3. The van der Waals surface area contributed by atoms with E-state index in [1.54, 1.807) is 7.11 Å². The van der Waals surface area contributed by atoms with Gasteiger partial charge in [0.25, 0.3) is 0 Å². The number of nitrogens with zero attached hydrogens (tertiary/aromatic N) is 1. The Morgan fingerprint density at radius 3 is 2.59 bits per heavy atom. The highest BCUT2D eigenvalue weighted by molar-refractivity contribution is 5.80. The zero-order valence-electron chi connectivity index (χ0n) is 19.7. The van der Waals surface area contributed by atoms with Gasteiger partial charge in [0.05, 0.1) is 0 Å². The number of benzene rings is 1. The second-order valence-corrected chi connectivity index (χ2v) is 9.46. The van der Waals surface area contributed by atoms with E-state index in [2.05, 4.69) is 29.7 Å². The minimum atomic E-state index is -0.0173. The van der Waals surface area contributed by atoms with Crippen LogP contribution < -0.4 is 20.1 Å². The smallest absolute Gasteiger partial charge is 0.231 e. The van der Waals surface area contributed by atoms with E-state index >= 15 is 0 Å². The fourth-order valence-electron chi connectivity index (χ4n) is 5.33. The van der Waals surface area contributed by atoms with Crippen molar-refractivity contribution in [1.82, 2.24) is 10.6 Å². The summed E-state index contributed by atoms with van der Waals surface area (Å²) < 4.78 is 22.3. The predicted octanol–water partition coefficient (Wildman–Crippen LogP) is 3.62. The maximum atomic E-state index is 5.72. The molecular formula is C25H39N3O4. The van der Waals surface area contributed by atoms with Crippen molar-refractivity contribution in [3.05, 3.63) is 23.8 Å². The van der Waals surface area contributed by atoms with E-state index in [4.69, 9.17) is 23.9 Å². The van der Waals surface area contributed by atoms with Crippen LogP contribution in [0.1, 0.15) is 57.4 Å². The Kier molecular flexibility index (Phi) is 7.79. The number of nitrogens with one attached hydrogen (secondary N) is 2. The maximum Gasteiger partial charge on any atom is 0.231 e. The van der Waals surface area contributed by atoms with Crippen molar-refractivity contribution in [2.24, 2.45) is 10.4 Å². The Hall–Kier alpha value is -1.99. The first kappa shape index (κ1) is 23.2. The molecule has 2 N–H and O–H groups in total. The number of fused-ring (bicyclic) bond motifs is 1. The number of guanidine groups is 1. The number of hydrogen-bond donors (Lipinski definition) is 2. The summed E-state index contributed by atoms with van der Waals surface area (Å²) in [4.78, 5) is 5.05. The predicted molar refractivity (Wildman–Crippen MR) is 126 cm³/mol. The van der Waals surface area contributed by atoms with Crippen LogP contribution in [0.15, 0.2) is 23.2 Å². The summed E-state index contributed by atoms with van der Waals surface area (Å²) in [5.41, 5.74) is 1.54. The fraction of sp³-hybridized carbons (Fsp3) is 0.720. The molecule has 0 spiro atoms. The minimum Gasteiger partial charge on any atom is -0.454 e. The van der Waals surface area contributed by atoms with Crippen LogP contribution in [-0.4, -0.2) is 59.3 Å². The zero-order valence-corrected chi connectivity index (χ0v) is 19.7. The van der Waals surface area contributed by atoms with Gasteiger partial charge in [0.2, 0.25) is 6.79 Å². The first-order chi connectivity index (χ1) is 15.7. The number of ether oxygens (including phenoxy) is 4. The molecule has 0 radical (unpaired) electrons. The normalized spacial score (nSPS) is 21.5. The van der Waals surface area contributed by atoms with Gasteiger partial charge in [-0.3, -0.25) is 4.99 Å². The molecule has 2 heterocycles. The van der Waals surface area contributed by atoms with Gasteiger partial charge in [-0.05, 0) is 62.1 Å². The highest BCUT2D eigenvalue weighted by Crippen LogP contribution is 2.42. The number of methoxy groups -OCH3 is 1. The van der Waals surface area contributed by atoms with Gasteiger partial charge >= 0.3 is 0 Å². The van der Waals surface area contributed by atoms with Crippen molar-refractivity contribution in [2.75, 3.05) is 53.4 Å². The fourth-order valence-corrected chi connectivity index (χ4v) is 5.33. The molecule has 0 atom stereocenters. The standard InChI is InChI=1S/C25H39N3O4/c1-3-26-23(27-17-24(10-13-29-2)8-4-5-9-24)28-18-25(11-14-30-15-12-25)20-6-7-21-22(16-20)32-19-31-21/h6-7,16H,3-5,8-15,17-19H2,1-2H3,(H2,26,27,28). The monoisotopic (exact) mass is 445 g/mol. The van der Waals surface area contributed by atoms with Crippen LogP contribution in [0, 0.1) is 5.41 Å². The highest BCUT2D eigenvalue weighted by atomic mass is 16.7. The number of hydrogen-bond acceptors (Lipinski definition) is 5. The third-order valence-corrected chi connectivity index (χ3v) is 7.45. The molecule has 178 valence electrons. The lowest BCUT2D eigenvalue weighted by molar-refractivity contribution is 0.0513. The van der Waals surface area contributed by atoms with Crippen molar-refractivity contribution in [1.29, 1.82) is 0 Å². The molecule has 0 unspecified atom stereocenters. The van der Waals surface area contributed by atoms with Gasteiger partial charge in [-0.15, -0.1) is 0 Å². The third kappa shape index (κ3) is 5.31. The van der Waals surface area contributed by atoms with Crippen LogP contribution in [0.3, 0.4) is 0 Å². The molecule has 2 aliphatic heterocycles. The maximum absolute atomic E-state index is 5.72. The van der Waals surface area contributed by atoms with E-state index in [1.165, 1.54) is 31.2 Å². The molecule has 1 saturated heterocycles. The number of aliphatic imine (C=N–C) groups is 1. The van der Waals surface area contributed by atoms with Gasteiger partial charge in [0, 0.05) is 52.0 Å². The number of rotatable bonds is 9. The van der Waals surface area contributed by atoms with Gasteiger partial charge in [0.1, 0.15) is 0 Å². The Morgan fingerprint density at radius 2 is 1.84 bits per heavy atom. The average molecular weight is 446 g/mol. The van der Waals surface area contributed by atoms with E-state index in [0.717, 1.165) is 76.2 Å². The van der Waals surface area contributed by atoms with E-state index in [0.29, 0.717) is 6.79 Å². The highest BCUT2D eigenvalue weighted by Gasteiger charge is 2.36. The van der Waals surface area contributed by atoms with E-state index < -0.39 is 0 Å². The summed E-state index contributed by atoms with van der Waals surface area (Å²) in [7, 11) is 1.79. The molecular weight excluding hydrogens is 406 g/mol. The summed E-state index contributed by atoms with van der Waals surface area (Å²) in [6.07, 6.45) is 8.13. The molecule has 1 aliphatic carbocycles. The third-order valence-electron chi connectivity index (χ3n) is 7.45. The summed E-state index contributed by atoms with van der Waals surface area (Å²) >= 11 is 0. The Balaban J connectivity index is 1.48. The van der Waals surface area contributed by atoms with Crippen LogP contribution in [0.5, 0.6) is 11.5 Å². The largest absolute Gasteiger partial charge is 0.454 e. The van der Waals surface area contributed by atoms with Gasteiger partial charge in [0.15, 0.2) is 17.5 Å². The molecule has 7 nitrogen and oxygen atoms in total. The Labute approximate surface area is 192 Å². The molecule has 1 aromatic carbocycles. The van der Waals surface area contributed by atoms with E-state index in [1.807, 2.05) is 6.07 Å². The quantitative estimate of drug-likeness (QED) is 0.447. The lowest BCUT2D eigenvalue weighted by atomic mass is 9.74. The van der Waals surface area contributed by atoms with Gasteiger partial charge in [-0.1, -0.05) is 18.9 Å². The Bertz CT molecular complexity index is 770. The SMILES string of the molecule is CCNC(=NCC1(CCOC)CCCC1)NCC1(c2ccc3c(c2)OCO3)CCOCC1. The summed E-state index contributed by atoms with van der Waals surface area (Å²) in [6, 6.07) is 6.37.